The Morgan fingerprint density at radius 3 is 2.20 bits per heavy atom. The number of piperidine rings is 1. The van der Waals surface area contributed by atoms with Gasteiger partial charge in [-0.05, 0) is 68.7 Å². The van der Waals surface area contributed by atoms with Crippen LogP contribution in [0.4, 0.5) is 4.79 Å². The van der Waals surface area contributed by atoms with Crippen molar-refractivity contribution < 1.29 is 19.1 Å². The van der Waals surface area contributed by atoms with Crippen LogP contribution in [0.15, 0.2) is 66.3 Å². The summed E-state index contributed by atoms with van der Waals surface area (Å²) in [5.41, 5.74) is 1.35. The first-order valence-electron chi connectivity index (χ1n) is 15.9. The third-order valence-corrected chi connectivity index (χ3v) is 8.85. The third kappa shape index (κ3) is 8.29. The van der Waals surface area contributed by atoms with Crippen LogP contribution in [0.25, 0.3) is 10.8 Å². The number of benzene rings is 2. The van der Waals surface area contributed by atoms with Crippen LogP contribution in [-0.2, 0) is 20.7 Å². The molecular formula is C36H50N4O4. The topological polar surface area (TPSA) is 73.4 Å². The minimum atomic E-state index is -0.871. The standard InChI is InChI=1S/C36H50N4O4/c1-26-15-9-10-17-29(26)25-32(34(42)39(7)40-21-13-8-14-22-40)37(5)33(41)31(38(6)35(43)44-36(2,3)4)24-27-19-20-28-16-11-12-18-30(28)23-27/h9-12,16-20,23,26,31-32H,8,13-15,21-22,24-25H2,1-7H3/t26?,31-,32?/m1/s1. The van der Waals surface area contributed by atoms with Crippen molar-refractivity contribution in [3.63, 3.8) is 0 Å². The highest BCUT2D eigenvalue weighted by Crippen LogP contribution is 2.28. The summed E-state index contributed by atoms with van der Waals surface area (Å²) in [6.45, 7) is 9.23. The number of hydrogen-bond donors (Lipinski definition) is 0. The van der Waals surface area contributed by atoms with Crippen LogP contribution in [0.2, 0.25) is 0 Å². The minimum Gasteiger partial charge on any atom is -0.444 e. The fourth-order valence-corrected chi connectivity index (χ4v) is 6.03. The number of likely N-dealkylation sites (N-methyl/N-ethyl adjacent to an activating group) is 3. The van der Waals surface area contributed by atoms with Crippen molar-refractivity contribution in [1.82, 2.24) is 19.8 Å². The molecule has 3 amide bonds. The van der Waals surface area contributed by atoms with Gasteiger partial charge in [-0.15, -0.1) is 0 Å². The van der Waals surface area contributed by atoms with Gasteiger partial charge in [-0.3, -0.25) is 19.5 Å². The number of allylic oxidation sites excluding steroid dienone is 3. The van der Waals surface area contributed by atoms with E-state index in [1.165, 1.54) is 4.90 Å². The number of hydrazine groups is 1. The molecule has 0 aromatic heterocycles. The fourth-order valence-electron chi connectivity index (χ4n) is 6.03. The average molecular weight is 603 g/mol. The van der Waals surface area contributed by atoms with Crippen LogP contribution >= 0.6 is 0 Å². The first-order valence-corrected chi connectivity index (χ1v) is 15.9. The molecule has 2 aromatic carbocycles. The van der Waals surface area contributed by atoms with Gasteiger partial charge >= 0.3 is 6.09 Å². The zero-order valence-electron chi connectivity index (χ0n) is 27.6. The van der Waals surface area contributed by atoms with Gasteiger partial charge in [0.25, 0.3) is 5.91 Å². The molecule has 3 atom stereocenters. The number of fused-ring (bicyclic) bond motifs is 1. The minimum absolute atomic E-state index is 0.116. The van der Waals surface area contributed by atoms with Gasteiger partial charge in [0, 0.05) is 40.7 Å². The van der Waals surface area contributed by atoms with Crippen LogP contribution in [0.1, 0.15) is 65.4 Å². The summed E-state index contributed by atoms with van der Waals surface area (Å²) in [5.74, 6) is -0.136. The highest BCUT2D eigenvalue weighted by molar-refractivity contribution is 5.92. The largest absolute Gasteiger partial charge is 0.444 e. The maximum Gasteiger partial charge on any atom is 0.410 e. The van der Waals surface area contributed by atoms with Gasteiger partial charge in [-0.25, -0.2) is 9.80 Å². The Balaban J connectivity index is 1.68. The maximum atomic E-state index is 14.5. The number of ether oxygens (including phenoxy) is 1. The predicted octanol–water partition coefficient (Wildman–Crippen LogP) is 6.22. The summed E-state index contributed by atoms with van der Waals surface area (Å²) >= 11 is 0. The van der Waals surface area contributed by atoms with Gasteiger partial charge < -0.3 is 9.64 Å². The van der Waals surface area contributed by atoms with E-state index in [1.54, 1.807) is 24.0 Å². The molecule has 1 aliphatic heterocycles. The Hall–Kier alpha value is -3.65. The summed E-state index contributed by atoms with van der Waals surface area (Å²) in [5, 5.41) is 5.97. The number of nitrogens with zero attached hydrogens (tertiary/aromatic N) is 4. The number of carbonyl (C=O) groups is 3. The van der Waals surface area contributed by atoms with Crippen molar-refractivity contribution in [3.05, 3.63) is 71.8 Å². The molecule has 1 heterocycles. The number of carbonyl (C=O) groups excluding carboxylic acids is 3. The van der Waals surface area contributed by atoms with Crippen LogP contribution in [-0.4, -0.2) is 89.6 Å². The lowest BCUT2D eigenvalue weighted by Crippen LogP contribution is -2.58. The lowest BCUT2D eigenvalue weighted by atomic mass is 9.88. The summed E-state index contributed by atoms with van der Waals surface area (Å²) in [6.07, 6.45) is 10.5. The van der Waals surface area contributed by atoms with Gasteiger partial charge in [-0.1, -0.05) is 79.6 Å². The number of rotatable bonds is 9. The molecule has 44 heavy (non-hydrogen) atoms. The average Bonchev–Trinajstić information content (AvgIpc) is 3.01. The van der Waals surface area contributed by atoms with Gasteiger partial charge in [0.05, 0.1) is 0 Å². The normalized spacial score (nSPS) is 18.7. The van der Waals surface area contributed by atoms with E-state index in [-0.39, 0.29) is 24.2 Å². The quantitative estimate of drug-likeness (QED) is 0.341. The van der Waals surface area contributed by atoms with Gasteiger partial charge in [0.2, 0.25) is 5.91 Å². The smallest absolute Gasteiger partial charge is 0.410 e. The van der Waals surface area contributed by atoms with Crippen molar-refractivity contribution in [1.29, 1.82) is 0 Å². The van der Waals surface area contributed by atoms with E-state index in [0.717, 1.165) is 60.7 Å². The van der Waals surface area contributed by atoms with E-state index >= 15 is 0 Å². The maximum absolute atomic E-state index is 14.5. The Morgan fingerprint density at radius 1 is 0.886 bits per heavy atom. The summed E-state index contributed by atoms with van der Waals surface area (Å²) < 4.78 is 5.70. The molecule has 2 aliphatic rings. The Morgan fingerprint density at radius 2 is 1.55 bits per heavy atom. The van der Waals surface area contributed by atoms with Crippen molar-refractivity contribution in [2.75, 3.05) is 34.2 Å². The Labute approximate surface area is 263 Å². The predicted molar refractivity (Wildman–Crippen MR) is 176 cm³/mol. The molecular weight excluding hydrogens is 552 g/mol. The first kappa shape index (κ1) is 33.2. The molecule has 0 radical (unpaired) electrons. The van der Waals surface area contributed by atoms with E-state index in [2.05, 4.69) is 30.2 Å². The summed E-state index contributed by atoms with van der Waals surface area (Å²) in [6, 6.07) is 12.6. The van der Waals surface area contributed by atoms with Crippen LogP contribution < -0.4 is 0 Å². The van der Waals surface area contributed by atoms with Crippen molar-refractivity contribution in [3.8, 4) is 0 Å². The Bertz CT molecular complexity index is 1390. The van der Waals surface area contributed by atoms with Crippen molar-refractivity contribution >= 4 is 28.7 Å². The zero-order valence-corrected chi connectivity index (χ0v) is 27.6. The lowest BCUT2D eigenvalue weighted by molar-refractivity contribution is -0.157. The second kappa shape index (κ2) is 14.4. The second-order valence-corrected chi connectivity index (χ2v) is 13.3. The summed E-state index contributed by atoms with van der Waals surface area (Å²) in [4.78, 5) is 45.1. The molecule has 1 aliphatic carbocycles. The molecule has 0 bridgehead atoms. The van der Waals surface area contributed by atoms with E-state index in [4.69, 9.17) is 4.74 Å². The third-order valence-electron chi connectivity index (χ3n) is 8.85. The molecule has 238 valence electrons. The molecule has 1 fully saturated rings. The molecule has 8 nitrogen and oxygen atoms in total. The van der Waals surface area contributed by atoms with Crippen molar-refractivity contribution in [2.45, 2.75) is 83.9 Å². The van der Waals surface area contributed by atoms with Gasteiger partial charge in [0.15, 0.2) is 0 Å². The lowest BCUT2D eigenvalue weighted by Gasteiger charge is -2.40. The second-order valence-electron chi connectivity index (χ2n) is 13.3. The molecule has 2 unspecified atom stereocenters. The highest BCUT2D eigenvalue weighted by atomic mass is 16.6. The molecule has 4 rings (SSSR count). The van der Waals surface area contributed by atoms with Crippen LogP contribution in [0.3, 0.4) is 0 Å². The molecule has 0 N–H and O–H groups in total. The monoisotopic (exact) mass is 602 g/mol. The molecule has 0 spiro atoms. The highest BCUT2D eigenvalue weighted by Gasteiger charge is 2.39. The van der Waals surface area contributed by atoms with Crippen LogP contribution in [0, 0.1) is 5.92 Å². The van der Waals surface area contributed by atoms with Gasteiger partial charge in [-0.2, -0.15) is 0 Å². The van der Waals surface area contributed by atoms with Crippen molar-refractivity contribution in [2.24, 2.45) is 5.92 Å². The molecule has 8 heteroatoms. The SMILES string of the molecule is CC1CC=CC=C1CC(C(=O)N(C)N1CCCCC1)N(C)C(=O)[C@@H](Cc1ccc2ccccc2c1)N(C)C(=O)OC(C)(C)C. The zero-order chi connectivity index (χ0) is 32.0. The van der Waals surface area contributed by atoms with E-state index < -0.39 is 23.8 Å². The number of hydrogen-bond acceptors (Lipinski definition) is 5. The molecule has 0 saturated carbocycles. The van der Waals surface area contributed by atoms with E-state index in [9.17, 15) is 14.4 Å². The first-order chi connectivity index (χ1) is 20.9. The van der Waals surface area contributed by atoms with E-state index in [1.807, 2.05) is 70.3 Å². The molecule has 2 aromatic rings. The van der Waals surface area contributed by atoms with Gasteiger partial charge in [0.1, 0.15) is 17.7 Å². The number of amides is 3. The molecule has 1 saturated heterocycles. The summed E-state index contributed by atoms with van der Waals surface area (Å²) in [7, 11) is 5.13. The van der Waals surface area contributed by atoms with Crippen LogP contribution in [0.5, 0.6) is 0 Å². The fraction of sp³-hybridized carbons (Fsp3) is 0.528. The Kier molecular flexibility index (Phi) is 10.9. The van der Waals surface area contributed by atoms with E-state index in [0.29, 0.717) is 6.42 Å².